The zero-order chi connectivity index (χ0) is 17.7. The Hall–Kier alpha value is -0.433. The first kappa shape index (κ1) is 18.9. The van der Waals surface area contributed by atoms with Crippen LogP contribution in [-0.4, -0.2) is 44.5 Å². The Kier molecular flexibility index (Phi) is 4.79. The van der Waals surface area contributed by atoms with E-state index in [0.29, 0.717) is 19.4 Å². The molecular weight excluding hydrogens is 312 g/mol. The highest BCUT2D eigenvalue weighted by Gasteiger charge is 2.56. The Bertz CT molecular complexity index is 468. The molecule has 23 heavy (non-hydrogen) atoms. The fraction of sp³-hybridized carbons (Fsp3) is 0.941. The van der Waals surface area contributed by atoms with Gasteiger partial charge >= 0.3 is 5.97 Å². The molecule has 5 nitrogen and oxygen atoms in total. The minimum Gasteiger partial charge on any atom is -0.459 e. The van der Waals surface area contributed by atoms with Gasteiger partial charge in [0, 0.05) is 6.42 Å². The Morgan fingerprint density at radius 3 is 2.17 bits per heavy atom. The summed E-state index contributed by atoms with van der Waals surface area (Å²) in [6.45, 7) is 17.3. The van der Waals surface area contributed by atoms with E-state index in [1.165, 1.54) is 0 Å². The van der Waals surface area contributed by atoms with Crippen molar-refractivity contribution < 1.29 is 23.4 Å². The molecule has 0 aromatic rings. The van der Waals surface area contributed by atoms with Crippen LogP contribution in [0.5, 0.6) is 0 Å². The third kappa shape index (κ3) is 3.81. The van der Waals surface area contributed by atoms with Gasteiger partial charge in [-0.25, -0.2) is 0 Å². The normalized spacial score (nSPS) is 31.0. The summed E-state index contributed by atoms with van der Waals surface area (Å²) in [6.07, 6.45) is 0.580. The van der Waals surface area contributed by atoms with Gasteiger partial charge in [-0.2, -0.15) is 0 Å². The molecule has 0 radical (unpaired) electrons. The van der Waals surface area contributed by atoms with E-state index in [-0.39, 0.29) is 23.2 Å². The van der Waals surface area contributed by atoms with Gasteiger partial charge in [0.15, 0.2) is 14.1 Å². The number of rotatable bonds is 4. The van der Waals surface area contributed by atoms with Gasteiger partial charge in [0.1, 0.15) is 17.8 Å². The lowest BCUT2D eigenvalue weighted by Gasteiger charge is -2.48. The molecule has 0 aromatic heterocycles. The van der Waals surface area contributed by atoms with E-state index < -0.39 is 19.7 Å². The van der Waals surface area contributed by atoms with Gasteiger partial charge in [-0.1, -0.05) is 20.8 Å². The molecule has 2 saturated heterocycles. The first-order chi connectivity index (χ1) is 10.3. The molecule has 0 aliphatic carbocycles. The lowest BCUT2D eigenvalue weighted by molar-refractivity contribution is -0.187. The first-order valence-electron chi connectivity index (χ1n) is 8.48. The molecule has 3 atom stereocenters. The van der Waals surface area contributed by atoms with Crippen molar-refractivity contribution in [2.45, 2.75) is 96.1 Å². The van der Waals surface area contributed by atoms with Crippen LogP contribution < -0.4 is 0 Å². The Balaban J connectivity index is 2.30. The predicted octanol–water partition coefficient (Wildman–Crippen LogP) is 3.62. The molecule has 0 saturated carbocycles. The lowest BCUT2D eigenvalue weighted by atomic mass is 9.91. The summed E-state index contributed by atoms with van der Waals surface area (Å²) in [6, 6.07) is 0. The maximum absolute atomic E-state index is 11.7. The zero-order valence-corrected chi connectivity index (χ0v) is 16.8. The molecule has 0 unspecified atom stereocenters. The zero-order valence-electron chi connectivity index (χ0n) is 15.8. The van der Waals surface area contributed by atoms with Crippen molar-refractivity contribution in [1.82, 2.24) is 0 Å². The monoisotopic (exact) mass is 344 g/mol. The molecular formula is C17H32O5Si. The fourth-order valence-electron chi connectivity index (χ4n) is 2.94. The topological polar surface area (TPSA) is 54.0 Å². The van der Waals surface area contributed by atoms with Gasteiger partial charge in [0.25, 0.3) is 0 Å². The Morgan fingerprint density at radius 1 is 1.17 bits per heavy atom. The first-order valence-corrected chi connectivity index (χ1v) is 11.4. The molecule has 0 amide bonds. The van der Waals surface area contributed by atoms with E-state index in [2.05, 4.69) is 33.9 Å². The van der Waals surface area contributed by atoms with Crippen LogP contribution in [-0.2, 0) is 23.4 Å². The van der Waals surface area contributed by atoms with Gasteiger partial charge in [-0.3, -0.25) is 4.79 Å². The van der Waals surface area contributed by atoms with Crippen molar-refractivity contribution in [1.29, 1.82) is 0 Å². The molecule has 134 valence electrons. The van der Waals surface area contributed by atoms with Crippen LogP contribution in [0.15, 0.2) is 0 Å². The van der Waals surface area contributed by atoms with Crippen molar-refractivity contribution in [3.63, 3.8) is 0 Å². The molecule has 0 bridgehead atoms. The van der Waals surface area contributed by atoms with E-state index in [4.69, 9.17) is 18.6 Å². The van der Waals surface area contributed by atoms with Gasteiger partial charge in [-0.15, -0.1) is 0 Å². The second-order valence-electron chi connectivity index (χ2n) is 8.88. The highest BCUT2D eigenvalue weighted by atomic mass is 28.4. The van der Waals surface area contributed by atoms with Crippen LogP contribution in [0.3, 0.4) is 0 Å². The lowest BCUT2D eigenvalue weighted by Crippen LogP contribution is -2.60. The van der Waals surface area contributed by atoms with Gasteiger partial charge < -0.3 is 18.6 Å². The third-order valence-electron chi connectivity index (χ3n) is 5.45. The highest BCUT2D eigenvalue weighted by Crippen LogP contribution is 2.45. The van der Waals surface area contributed by atoms with Crippen molar-refractivity contribution in [3.05, 3.63) is 0 Å². The SMILES string of the molecule is CC1(C)OC[C@H]([C@](C)(O[Si](C)(C)C(C)(C)C)[C@H]2CCC(=O)O2)O1. The second-order valence-corrected chi connectivity index (χ2v) is 13.6. The number of carbonyl (C=O) groups is 1. The fourth-order valence-corrected chi connectivity index (χ4v) is 4.61. The van der Waals surface area contributed by atoms with Crippen molar-refractivity contribution in [2.75, 3.05) is 6.61 Å². The van der Waals surface area contributed by atoms with Gasteiger partial charge in [0.05, 0.1) is 6.61 Å². The summed E-state index contributed by atoms with van der Waals surface area (Å²) in [4.78, 5) is 11.7. The predicted molar refractivity (Wildman–Crippen MR) is 90.7 cm³/mol. The highest BCUT2D eigenvalue weighted by molar-refractivity contribution is 6.74. The summed E-state index contributed by atoms with van der Waals surface area (Å²) in [5, 5.41) is 0.0614. The van der Waals surface area contributed by atoms with Crippen LogP contribution in [0, 0.1) is 0 Å². The molecule has 0 N–H and O–H groups in total. The van der Waals surface area contributed by atoms with Crippen molar-refractivity contribution in [3.8, 4) is 0 Å². The minimum atomic E-state index is -2.07. The molecule has 2 aliphatic heterocycles. The number of cyclic esters (lactones) is 1. The van der Waals surface area contributed by atoms with Crippen LogP contribution in [0.25, 0.3) is 0 Å². The second kappa shape index (κ2) is 5.83. The summed E-state index contributed by atoms with van der Waals surface area (Å²) in [7, 11) is -2.07. The van der Waals surface area contributed by atoms with Crippen LogP contribution in [0.2, 0.25) is 18.1 Å². The van der Waals surface area contributed by atoms with E-state index in [9.17, 15) is 4.79 Å². The van der Waals surface area contributed by atoms with Gasteiger partial charge in [0.2, 0.25) is 0 Å². The van der Waals surface area contributed by atoms with Crippen LogP contribution in [0.1, 0.15) is 54.4 Å². The smallest absolute Gasteiger partial charge is 0.306 e. The van der Waals surface area contributed by atoms with Crippen molar-refractivity contribution in [2.24, 2.45) is 0 Å². The number of esters is 1. The minimum absolute atomic E-state index is 0.0614. The van der Waals surface area contributed by atoms with Crippen LogP contribution in [0.4, 0.5) is 0 Å². The van der Waals surface area contributed by atoms with E-state index in [1.54, 1.807) is 0 Å². The van der Waals surface area contributed by atoms with Crippen molar-refractivity contribution >= 4 is 14.3 Å². The summed E-state index contributed by atoms with van der Waals surface area (Å²) in [5.74, 6) is -0.788. The van der Waals surface area contributed by atoms with Gasteiger partial charge in [-0.05, 0) is 45.3 Å². The average molecular weight is 345 g/mol. The van der Waals surface area contributed by atoms with E-state index in [0.717, 1.165) is 0 Å². The standard InChI is InChI=1S/C17H32O5Si/c1-15(2,3)23(7,8)22-17(6,12-9-10-14(18)20-12)13-11-19-16(4,5)21-13/h12-13H,9-11H2,1-8H3/t12-,13-,17-/m1/s1. The summed E-state index contributed by atoms with van der Waals surface area (Å²) >= 11 is 0. The van der Waals surface area contributed by atoms with E-state index in [1.807, 2.05) is 20.8 Å². The quantitative estimate of drug-likeness (QED) is 0.576. The number of hydrogen-bond donors (Lipinski definition) is 0. The summed E-state index contributed by atoms with van der Waals surface area (Å²) < 4.78 is 24.2. The largest absolute Gasteiger partial charge is 0.459 e. The molecule has 0 aromatic carbocycles. The molecule has 2 heterocycles. The maximum atomic E-state index is 11.7. The molecule has 2 aliphatic rings. The number of hydrogen-bond acceptors (Lipinski definition) is 5. The number of carbonyl (C=O) groups excluding carboxylic acids is 1. The molecule has 2 rings (SSSR count). The molecule has 2 fully saturated rings. The third-order valence-corrected chi connectivity index (χ3v) is 10.0. The number of ether oxygens (including phenoxy) is 3. The molecule has 0 spiro atoms. The average Bonchev–Trinajstić information content (AvgIpc) is 2.93. The summed E-state index contributed by atoms with van der Waals surface area (Å²) in [5.41, 5.74) is -0.692. The Labute approximate surface area is 141 Å². The van der Waals surface area contributed by atoms with Crippen LogP contribution >= 0.6 is 0 Å². The molecule has 6 heteroatoms. The Morgan fingerprint density at radius 2 is 1.78 bits per heavy atom. The van der Waals surface area contributed by atoms with E-state index >= 15 is 0 Å². The maximum Gasteiger partial charge on any atom is 0.306 e.